The molecule has 1 saturated carbocycles. The molecule has 2 aliphatic rings. The third-order valence-electron chi connectivity index (χ3n) is 4.51. The van der Waals surface area contributed by atoms with Gasteiger partial charge in [0.05, 0.1) is 6.42 Å². The molecule has 1 saturated heterocycles. The second-order valence-corrected chi connectivity index (χ2v) is 6.31. The Bertz CT molecular complexity index is 572. The number of nitrogens with one attached hydrogen (secondary N) is 1. The summed E-state index contributed by atoms with van der Waals surface area (Å²) in [6.45, 7) is 1.22. The zero-order valence-corrected chi connectivity index (χ0v) is 13.8. The number of nitrogens with zero attached hydrogens (tertiary/aromatic N) is 2. The number of hydrogen-bond donors (Lipinski definition) is 3. The maximum atomic E-state index is 11.9. The molecule has 3 rings (SSSR count). The number of carboxylic acid groups (broad SMARTS) is 2. The summed E-state index contributed by atoms with van der Waals surface area (Å²) in [5.41, 5.74) is 0.272. The van der Waals surface area contributed by atoms with Crippen LogP contribution in [0.15, 0.2) is 17.1 Å². The van der Waals surface area contributed by atoms with Gasteiger partial charge in [0.15, 0.2) is 12.1 Å². The van der Waals surface area contributed by atoms with Gasteiger partial charge in [-0.1, -0.05) is 0 Å². The van der Waals surface area contributed by atoms with Crippen LogP contribution in [0.3, 0.4) is 0 Å². The highest BCUT2D eigenvalue weighted by molar-refractivity contribution is 5.91. The van der Waals surface area contributed by atoms with E-state index in [-0.39, 0.29) is 36.6 Å². The van der Waals surface area contributed by atoms with Gasteiger partial charge in [0.2, 0.25) is 0 Å². The normalized spacial score (nSPS) is 22.7. The highest BCUT2D eigenvalue weighted by Crippen LogP contribution is 2.35. The van der Waals surface area contributed by atoms with Crippen molar-refractivity contribution in [2.75, 3.05) is 13.1 Å². The first kappa shape index (κ1) is 18.9. The number of carbonyl (C=O) groups is 3. The number of hydrogen-bond acceptors (Lipinski definition) is 6. The van der Waals surface area contributed by atoms with E-state index in [0.29, 0.717) is 12.5 Å². The monoisotopic (exact) mass is 353 g/mol. The topological polar surface area (TPSA) is 133 Å². The molecule has 2 fully saturated rings. The first-order valence-corrected chi connectivity index (χ1v) is 8.27. The Labute approximate surface area is 145 Å². The van der Waals surface area contributed by atoms with Gasteiger partial charge in [0.1, 0.15) is 6.26 Å². The van der Waals surface area contributed by atoms with Gasteiger partial charge in [-0.15, -0.1) is 0 Å². The van der Waals surface area contributed by atoms with Crippen molar-refractivity contribution in [2.24, 2.45) is 5.92 Å². The summed E-state index contributed by atoms with van der Waals surface area (Å²) in [6.07, 6.45) is 6.99. The minimum atomic E-state index is -0.752. The summed E-state index contributed by atoms with van der Waals surface area (Å²) in [5.74, 6) is -0.303. The van der Waals surface area contributed by atoms with Crippen molar-refractivity contribution in [1.82, 2.24) is 15.2 Å². The number of likely N-dealkylation sites (tertiary alicyclic amines) is 1. The van der Waals surface area contributed by atoms with Gasteiger partial charge in [-0.05, 0) is 31.6 Å². The van der Waals surface area contributed by atoms with E-state index in [2.05, 4.69) is 15.2 Å². The Kier molecular flexibility index (Phi) is 6.93. The van der Waals surface area contributed by atoms with Crippen molar-refractivity contribution in [1.29, 1.82) is 0 Å². The molecule has 25 heavy (non-hydrogen) atoms. The smallest absolute Gasteiger partial charge is 0.304 e. The number of rotatable bonds is 7. The largest absolute Gasteiger partial charge is 0.483 e. The fraction of sp³-hybridized carbons (Fsp3) is 0.625. The van der Waals surface area contributed by atoms with E-state index in [4.69, 9.17) is 19.4 Å². The molecular weight excluding hydrogens is 330 g/mol. The van der Waals surface area contributed by atoms with Crippen molar-refractivity contribution >= 4 is 18.3 Å². The second kappa shape index (κ2) is 9.16. The number of carbonyl (C=O) groups excluding carboxylic acids is 1. The second-order valence-electron chi connectivity index (χ2n) is 6.31. The van der Waals surface area contributed by atoms with Crippen LogP contribution in [-0.4, -0.2) is 63.6 Å². The molecule has 0 radical (unpaired) electrons. The van der Waals surface area contributed by atoms with Crippen molar-refractivity contribution in [3.05, 3.63) is 18.4 Å². The van der Waals surface area contributed by atoms with E-state index >= 15 is 0 Å². The molecule has 1 aliphatic carbocycles. The summed E-state index contributed by atoms with van der Waals surface area (Å²) in [4.78, 5) is 37.4. The molecule has 9 heteroatoms. The first-order valence-electron chi connectivity index (χ1n) is 8.27. The highest BCUT2D eigenvalue weighted by atomic mass is 16.4. The van der Waals surface area contributed by atoms with Gasteiger partial charge < -0.3 is 19.9 Å². The lowest BCUT2D eigenvalue weighted by Crippen LogP contribution is -2.44. The van der Waals surface area contributed by atoms with Crippen LogP contribution in [0.1, 0.15) is 42.6 Å². The number of carboxylic acids is 1. The summed E-state index contributed by atoms with van der Waals surface area (Å²) in [6, 6.07) is 0.299. The maximum Gasteiger partial charge on any atom is 0.304 e. The number of aliphatic carboxylic acids is 1. The lowest BCUT2D eigenvalue weighted by atomic mass is 10.1. The van der Waals surface area contributed by atoms with Crippen LogP contribution in [0.2, 0.25) is 0 Å². The van der Waals surface area contributed by atoms with Gasteiger partial charge in [-0.25, -0.2) is 4.98 Å². The van der Waals surface area contributed by atoms with Gasteiger partial charge >= 0.3 is 5.97 Å². The van der Waals surface area contributed by atoms with Crippen molar-refractivity contribution in [3.63, 3.8) is 0 Å². The quantitative estimate of drug-likeness (QED) is 0.614. The zero-order valence-electron chi connectivity index (χ0n) is 13.8. The summed E-state index contributed by atoms with van der Waals surface area (Å²) < 4.78 is 4.80. The first-order chi connectivity index (χ1) is 12.0. The molecule has 0 bridgehead atoms. The van der Waals surface area contributed by atoms with Gasteiger partial charge in [-0.3, -0.25) is 19.3 Å². The average Bonchev–Trinajstić information content (AvgIpc) is 3.07. The molecule has 1 aromatic heterocycles. The van der Waals surface area contributed by atoms with Crippen LogP contribution in [-0.2, 0) is 9.59 Å². The Morgan fingerprint density at radius 2 is 2.00 bits per heavy atom. The molecule has 0 unspecified atom stereocenters. The standard InChI is InChI=1S/C15H21N3O4.CH2O2/c19-14(20)5-11-3-4-12(18(11)7-10-1-2-10)6-16-15(21)13-8-22-9-17-13;2-1-3/h8-12H,1-7H2,(H,16,21)(H,19,20);1H,(H,2,3)/t11-,12+;/m1./s1. The minimum absolute atomic E-state index is 0.0899. The predicted molar refractivity (Wildman–Crippen MR) is 86.0 cm³/mol. The highest BCUT2D eigenvalue weighted by Gasteiger charge is 2.38. The molecule has 0 spiro atoms. The van der Waals surface area contributed by atoms with Crippen molar-refractivity contribution in [3.8, 4) is 0 Å². The van der Waals surface area contributed by atoms with Crippen LogP contribution < -0.4 is 5.32 Å². The lowest BCUT2D eigenvalue weighted by molar-refractivity contribution is -0.138. The van der Waals surface area contributed by atoms with Crippen LogP contribution in [0, 0.1) is 5.92 Å². The third kappa shape index (κ3) is 5.86. The molecule has 1 aliphatic heterocycles. The molecule has 1 amide bonds. The van der Waals surface area contributed by atoms with Gasteiger partial charge in [0.25, 0.3) is 12.4 Å². The summed E-state index contributed by atoms with van der Waals surface area (Å²) >= 11 is 0. The fourth-order valence-corrected chi connectivity index (χ4v) is 3.18. The lowest BCUT2D eigenvalue weighted by Gasteiger charge is -2.29. The Morgan fingerprint density at radius 1 is 1.32 bits per heavy atom. The van der Waals surface area contributed by atoms with Crippen LogP contribution >= 0.6 is 0 Å². The van der Waals surface area contributed by atoms with Crippen LogP contribution in [0.4, 0.5) is 0 Å². The molecule has 3 N–H and O–H groups in total. The number of amides is 1. The molecule has 2 atom stereocenters. The summed E-state index contributed by atoms with van der Waals surface area (Å²) in [7, 11) is 0. The molecule has 2 heterocycles. The van der Waals surface area contributed by atoms with Gasteiger partial charge in [-0.2, -0.15) is 0 Å². The van der Waals surface area contributed by atoms with Gasteiger partial charge in [0, 0.05) is 25.2 Å². The molecule has 9 nitrogen and oxygen atoms in total. The van der Waals surface area contributed by atoms with Crippen LogP contribution in [0.5, 0.6) is 0 Å². The molecule has 138 valence electrons. The van der Waals surface area contributed by atoms with E-state index in [1.54, 1.807) is 0 Å². The van der Waals surface area contributed by atoms with Crippen molar-refractivity contribution in [2.45, 2.75) is 44.2 Å². The zero-order chi connectivity index (χ0) is 18.2. The fourth-order valence-electron chi connectivity index (χ4n) is 3.18. The average molecular weight is 353 g/mol. The summed E-state index contributed by atoms with van der Waals surface area (Å²) in [5, 5.41) is 18.8. The van der Waals surface area contributed by atoms with Crippen molar-refractivity contribution < 1.29 is 29.0 Å². The predicted octanol–water partition coefficient (Wildman–Crippen LogP) is 0.823. The van der Waals surface area contributed by atoms with E-state index in [1.165, 1.54) is 25.5 Å². The molecule has 0 aromatic carbocycles. The van der Waals surface area contributed by atoms with E-state index in [0.717, 1.165) is 19.4 Å². The number of oxazole rings is 1. The Balaban J connectivity index is 0.000000701. The molecular formula is C16H23N3O6. The minimum Gasteiger partial charge on any atom is -0.483 e. The number of aromatic nitrogens is 1. The van der Waals surface area contributed by atoms with E-state index in [1.807, 2.05) is 0 Å². The Hall–Kier alpha value is -2.42. The van der Waals surface area contributed by atoms with Crippen LogP contribution in [0.25, 0.3) is 0 Å². The maximum absolute atomic E-state index is 11.9. The van der Waals surface area contributed by atoms with E-state index < -0.39 is 5.97 Å². The molecule has 1 aromatic rings. The van der Waals surface area contributed by atoms with E-state index in [9.17, 15) is 9.59 Å². The third-order valence-corrected chi connectivity index (χ3v) is 4.51. The SMILES string of the molecule is O=C(O)C[C@H]1CC[C@@H](CNC(=O)c2cocn2)N1CC1CC1.O=CO. The Morgan fingerprint density at radius 3 is 2.56 bits per heavy atom.